The minimum atomic E-state index is 0.0460. The fourth-order valence-electron chi connectivity index (χ4n) is 7.64. The van der Waals surface area contributed by atoms with Gasteiger partial charge < -0.3 is 20.1 Å². The summed E-state index contributed by atoms with van der Waals surface area (Å²) in [5, 5.41) is 8.24. The SMILES string of the molecule is CCC(NC(=O)NC12CC3CC(CC(C3)C1)C2)c1c(-n2cccc2)sc2c1CCN(C)C2. The first-order valence-corrected chi connectivity index (χ1v) is 13.4. The first-order chi connectivity index (χ1) is 15.5. The molecule has 32 heavy (non-hydrogen) atoms. The number of nitrogens with zero attached hydrogens (tertiary/aromatic N) is 2. The zero-order valence-electron chi connectivity index (χ0n) is 19.4. The molecule has 4 fully saturated rings. The normalized spacial score (nSPS) is 32.0. The highest BCUT2D eigenvalue weighted by molar-refractivity contribution is 7.15. The number of likely N-dealkylation sites (N-methyl/N-ethyl adjacent to an activating group) is 1. The number of fused-ring (bicyclic) bond motifs is 1. The number of thiophene rings is 1. The summed E-state index contributed by atoms with van der Waals surface area (Å²) in [4.78, 5) is 17.2. The smallest absolute Gasteiger partial charge is 0.315 e. The monoisotopic (exact) mass is 452 g/mol. The molecule has 5 nitrogen and oxygen atoms in total. The summed E-state index contributed by atoms with van der Waals surface area (Å²) in [6.45, 7) is 4.29. The predicted octanol–water partition coefficient (Wildman–Crippen LogP) is 5.25. The van der Waals surface area contributed by atoms with Crippen molar-refractivity contribution in [2.24, 2.45) is 17.8 Å². The van der Waals surface area contributed by atoms with E-state index in [9.17, 15) is 4.79 Å². The van der Waals surface area contributed by atoms with Gasteiger partial charge in [-0.1, -0.05) is 6.92 Å². The molecule has 4 bridgehead atoms. The molecule has 0 spiro atoms. The predicted molar refractivity (Wildman–Crippen MR) is 129 cm³/mol. The Labute approximate surface area is 195 Å². The van der Waals surface area contributed by atoms with E-state index < -0.39 is 0 Å². The molecule has 4 aliphatic carbocycles. The van der Waals surface area contributed by atoms with Gasteiger partial charge in [0.2, 0.25) is 0 Å². The zero-order valence-corrected chi connectivity index (χ0v) is 20.2. The molecule has 5 aliphatic rings. The average Bonchev–Trinajstić information content (AvgIpc) is 3.38. The Morgan fingerprint density at radius 3 is 2.44 bits per heavy atom. The number of hydrogen-bond donors (Lipinski definition) is 2. The lowest BCUT2D eigenvalue weighted by molar-refractivity contribution is -0.0136. The minimum absolute atomic E-state index is 0.0460. The van der Waals surface area contributed by atoms with Crippen LogP contribution >= 0.6 is 11.3 Å². The van der Waals surface area contributed by atoms with Crippen LogP contribution in [0.2, 0.25) is 0 Å². The first kappa shape index (κ1) is 20.8. The lowest BCUT2D eigenvalue weighted by Crippen LogP contribution is -2.61. The average molecular weight is 453 g/mol. The molecule has 0 radical (unpaired) electrons. The highest BCUT2D eigenvalue weighted by Crippen LogP contribution is 2.55. The van der Waals surface area contributed by atoms with E-state index in [0.29, 0.717) is 0 Å². The van der Waals surface area contributed by atoms with Gasteiger partial charge in [-0.15, -0.1) is 11.3 Å². The van der Waals surface area contributed by atoms with Crippen LogP contribution in [0, 0.1) is 17.8 Å². The van der Waals surface area contributed by atoms with Crippen molar-refractivity contribution < 1.29 is 4.79 Å². The van der Waals surface area contributed by atoms with Crippen LogP contribution in [-0.4, -0.2) is 34.6 Å². The van der Waals surface area contributed by atoms with Crippen LogP contribution < -0.4 is 10.6 Å². The van der Waals surface area contributed by atoms with Gasteiger partial charge in [-0.2, -0.15) is 0 Å². The molecule has 2 amide bonds. The second-order valence-electron chi connectivity index (χ2n) is 11.1. The van der Waals surface area contributed by atoms with Gasteiger partial charge in [-0.25, -0.2) is 4.79 Å². The van der Waals surface area contributed by atoms with E-state index in [1.807, 2.05) is 11.3 Å². The number of nitrogens with one attached hydrogen (secondary N) is 2. The minimum Gasteiger partial charge on any atom is -0.333 e. The Balaban J connectivity index is 1.26. The van der Waals surface area contributed by atoms with Crippen LogP contribution in [-0.2, 0) is 13.0 Å². The van der Waals surface area contributed by atoms with Gasteiger partial charge in [-0.3, -0.25) is 0 Å². The molecule has 0 saturated heterocycles. The van der Waals surface area contributed by atoms with E-state index in [1.165, 1.54) is 59.5 Å². The standard InChI is InChI=1S/C26H36N4OS/c1-3-21(27-25(31)28-26-13-17-10-18(14-26)12-19(11-17)15-26)23-20-6-9-29(2)16-22(20)32-24(23)30-7-4-5-8-30/h4-5,7-8,17-19,21H,3,6,9-16H2,1-2H3,(H2,27,28,31). The van der Waals surface area contributed by atoms with Crippen molar-refractivity contribution >= 4 is 17.4 Å². The van der Waals surface area contributed by atoms with Crippen LogP contribution in [0.15, 0.2) is 24.5 Å². The van der Waals surface area contributed by atoms with Crippen molar-refractivity contribution in [1.29, 1.82) is 0 Å². The van der Waals surface area contributed by atoms with E-state index in [4.69, 9.17) is 0 Å². The molecule has 172 valence electrons. The molecule has 2 N–H and O–H groups in total. The summed E-state index contributed by atoms with van der Waals surface area (Å²) in [7, 11) is 2.20. The van der Waals surface area contributed by atoms with E-state index in [2.05, 4.69) is 58.6 Å². The lowest BCUT2D eigenvalue weighted by Gasteiger charge is -2.56. The zero-order chi connectivity index (χ0) is 21.9. The van der Waals surface area contributed by atoms with Gasteiger partial charge in [0, 0.05) is 41.5 Å². The largest absolute Gasteiger partial charge is 0.333 e. The third kappa shape index (κ3) is 3.60. The maximum Gasteiger partial charge on any atom is 0.315 e. The van der Waals surface area contributed by atoms with Crippen LogP contribution in [0.25, 0.3) is 5.00 Å². The molecule has 1 aliphatic heterocycles. The van der Waals surface area contributed by atoms with Crippen LogP contribution in [0.1, 0.15) is 73.9 Å². The summed E-state index contributed by atoms with van der Waals surface area (Å²) in [6.07, 6.45) is 14.0. The van der Waals surface area contributed by atoms with Crippen molar-refractivity contribution in [3.8, 4) is 5.00 Å². The van der Waals surface area contributed by atoms with Crippen molar-refractivity contribution in [3.63, 3.8) is 0 Å². The molecule has 0 aromatic carbocycles. The molecule has 2 aromatic rings. The number of urea groups is 1. The quantitative estimate of drug-likeness (QED) is 0.651. The Morgan fingerprint density at radius 1 is 1.16 bits per heavy atom. The first-order valence-electron chi connectivity index (χ1n) is 12.6. The molecule has 1 unspecified atom stereocenters. The van der Waals surface area contributed by atoms with Crippen molar-refractivity contribution in [3.05, 3.63) is 40.5 Å². The fourth-order valence-corrected chi connectivity index (χ4v) is 9.10. The van der Waals surface area contributed by atoms with Gasteiger partial charge in [0.1, 0.15) is 5.00 Å². The molecular formula is C26H36N4OS. The summed E-state index contributed by atoms with van der Waals surface area (Å²) in [6, 6.07) is 4.26. The topological polar surface area (TPSA) is 49.3 Å². The molecule has 4 saturated carbocycles. The van der Waals surface area contributed by atoms with Crippen LogP contribution in [0.5, 0.6) is 0 Å². The fraction of sp³-hybridized carbons (Fsp3) is 0.654. The number of hydrogen-bond acceptors (Lipinski definition) is 3. The molecular weight excluding hydrogens is 416 g/mol. The summed E-state index contributed by atoms with van der Waals surface area (Å²) >= 11 is 1.90. The Bertz CT molecular complexity index is 959. The maximum atomic E-state index is 13.4. The van der Waals surface area contributed by atoms with Crippen LogP contribution in [0.4, 0.5) is 4.79 Å². The summed E-state index contributed by atoms with van der Waals surface area (Å²) < 4.78 is 2.24. The number of carbonyl (C=O) groups excluding carboxylic acids is 1. The van der Waals surface area contributed by atoms with E-state index in [1.54, 1.807) is 0 Å². The third-order valence-electron chi connectivity index (χ3n) is 8.59. The Morgan fingerprint density at radius 2 is 1.81 bits per heavy atom. The highest BCUT2D eigenvalue weighted by atomic mass is 32.1. The van der Waals surface area contributed by atoms with Gasteiger partial charge in [0.15, 0.2) is 0 Å². The Hall–Kier alpha value is -1.79. The summed E-state index contributed by atoms with van der Waals surface area (Å²) in [5.74, 6) is 2.51. The van der Waals surface area contributed by atoms with E-state index >= 15 is 0 Å². The lowest BCUT2D eigenvalue weighted by atomic mass is 9.53. The van der Waals surface area contributed by atoms with Crippen molar-refractivity contribution in [2.45, 2.75) is 76.4 Å². The van der Waals surface area contributed by atoms with E-state index in [0.717, 1.165) is 43.7 Å². The molecule has 6 heteroatoms. The molecule has 2 aromatic heterocycles. The van der Waals surface area contributed by atoms with Crippen molar-refractivity contribution in [2.75, 3.05) is 13.6 Å². The summed E-state index contributed by atoms with van der Waals surface area (Å²) in [5.41, 5.74) is 2.87. The highest BCUT2D eigenvalue weighted by Gasteiger charge is 2.51. The number of aromatic nitrogens is 1. The van der Waals surface area contributed by atoms with Gasteiger partial charge >= 0.3 is 6.03 Å². The van der Waals surface area contributed by atoms with Crippen molar-refractivity contribution in [1.82, 2.24) is 20.1 Å². The second-order valence-corrected chi connectivity index (χ2v) is 12.1. The van der Waals surface area contributed by atoms with Gasteiger partial charge in [0.05, 0.1) is 6.04 Å². The molecule has 7 rings (SSSR count). The number of rotatable bonds is 5. The van der Waals surface area contributed by atoms with Crippen LogP contribution in [0.3, 0.4) is 0 Å². The van der Waals surface area contributed by atoms with E-state index in [-0.39, 0.29) is 17.6 Å². The third-order valence-corrected chi connectivity index (χ3v) is 9.83. The van der Waals surface area contributed by atoms with Gasteiger partial charge in [0.25, 0.3) is 0 Å². The Kier molecular flexibility index (Phi) is 5.14. The van der Waals surface area contributed by atoms with Gasteiger partial charge in [-0.05, 0) is 93.9 Å². The number of carbonyl (C=O) groups is 1. The second kappa shape index (κ2) is 7.91. The molecule has 3 heterocycles. The molecule has 1 atom stereocenters. The maximum absolute atomic E-state index is 13.4. The number of amides is 2.